The van der Waals surface area contributed by atoms with Gasteiger partial charge in [-0.05, 0) is 76.9 Å². The van der Waals surface area contributed by atoms with Gasteiger partial charge in [0.25, 0.3) is 0 Å². The van der Waals surface area contributed by atoms with Crippen molar-refractivity contribution in [2.24, 2.45) is 0 Å². The number of nitriles is 1. The summed E-state index contributed by atoms with van der Waals surface area (Å²) in [6.07, 6.45) is 0. The molecule has 0 unspecified atom stereocenters. The van der Waals surface area contributed by atoms with Gasteiger partial charge in [0.15, 0.2) is 17.5 Å². The zero-order valence-electron chi connectivity index (χ0n) is 27.8. The second-order valence-electron chi connectivity index (χ2n) is 12.6. The summed E-state index contributed by atoms with van der Waals surface area (Å²) < 4.78 is 17.0. The van der Waals surface area contributed by atoms with E-state index in [0.29, 0.717) is 23.0 Å². The van der Waals surface area contributed by atoms with Crippen molar-refractivity contribution in [1.29, 1.82) is 5.26 Å². The zero-order chi connectivity index (χ0) is 35.0. The van der Waals surface area contributed by atoms with E-state index in [4.69, 9.17) is 15.0 Å². The molecule has 0 aliphatic rings. The molecular formula is C46H28FN5. The Morgan fingerprint density at radius 2 is 1.06 bits per heavy atom. The fourth-order valence-corrected chi connectivity index (χ4v) is 6.86. The topological polar surface area (TPSA) is 67.4 Å². The summed E-state index contributed by atoms with van der Waals surface area (Å²) in [5.41, 5.74) is 9.74. The Morgan fingerprint density at radius 1 is 0.442 bits per heavy atom. The molecule has 2 aromatic heterocycles. The van der Waals surface area contributed by atoms with Crippen LogP contribution in [0.3, 0.4) is 0 Å². The predicted molar refractivity (Wildman–Crippen MR) is 206 cm³/mol. The minimum atomic E-state index is -0.321. The molecule has 0 atom stereocenters. The molecule has 52 heavy (non-hydrogen) atoms. The van der Waals surface area contributed by atoms with Crippen molar-refractivity contribution in [3.05, 3.63) is 181 Å². The first-order valence-electron chi connectivity index (χ1n) is 16.9. The van der Waals surface area contributed by atoms with Crippen LogP contribution in [0.5, 0.6) is 0 Å². The average molecular weight is 670 g/mol. The minimum absolute atomic E-state index is 0.321. The van der Waals surface area contributed by atoms with Gasteiger partial charge in [-0.1, -0.05) is 115 Å². The summed E-state index contributed by atoms with van der Waals surface area (Å²) in [6.45, 7) is 0. The first-order chi connectivity index (χ1) is 25.6. The Bertz CT molecular complexity index is 2740. The molecule has 5 nitrogen and oxygen atoms in total. The van der Waals surface area contributed by atoms with Crippen LogP contribution >= 0.6 is 0 Å². The van der Waals surface area contributed by atoms with Gasteiger partial charge < -0.3 is 4.57 Å². The third-order valence-electron chi connectivity index (χ3n) is 9.36. The largest absolute Gasteiger partial charge is 0.309 e. The lowest BCUT2D eigenvalue weighted by Gasteiger charge is -2.15. The summed E-state index contributed by atoms with van der Waals surface area (Å²) in [4.78, 5) is 15.0. The molecule has 7 aromatic carbocycles. The molecule has 0 aliphatic heterocycles. The molecule has 0 N–H and O–H groups in total. The van der Waals surface area contributed by atoms with Crippen molar-refractivity contribution < 1.29 is 4.39 Å². The number of nitrogens with zero attached hydrogens (tertiary/aromatic N) is 5. The van der Waals surface area contributed by atoms with Gasteiger partial charge in [-0.3, -0.25) is 0 Å². The number of aromatic nitrogens is 4. The van der Waals surface area contributed by atoms with Gasteiger partial charge in [0, 0.05) is 33.2 Å². The van der Waals surface area contributed by atoms with Gasteiger partial charge in [-0.25, -0.2) is 19.3 Å². The maximum Gasteiger partial charge on any atom is 0.164 e. The standard InChI is InChI=1S/C46H28FN5/c47-36-15-9-14-35(26-36)38-24-23-37(28-41(38)46-50-44(32-10-3-1-4-11-32)49-45(51-46)33-12-5-2-6-13-33)52-42-17-8-7-16-39(42)40-27-34(22-25-43(40)52)31-20-18-30(29-48)19-21-31/h1-28H. The predicted octanol–water partition coefficient (Wildman–Crippen LogP) is 11.3. The summed E-state index contributed by atoms with van der Waals surface area (Å²) in [6, 6.07) is 57.3. The third-order valence-corrected chi connectivity index (χ3v) is 9.36. The lowest BCUT2D eigenvalue weighted by molar-refractivity contribution is 0.628. The van der Waals surface area contributed by atoms with Crippen molar-refractivity contribution in [1.82, 2.24) is 19.5 Å². The first-order valence-corrected chi connectivity index (χ1v) is 16.9. The van der Waals surface area contributed by atoms with E-state index in [9.17, 15) is 9.65 Å². The van der Waals surface area contributed by atoms with Crippen LogP contribution in [0.15, 0.2) is 170 Å². The van der Waals surface area contributed by atoms with E-state index >= 15 is 0 Å². The number of hydrogen-bond acceptors (Lipinski definition) is 4. The summed E-state index contributed by atoms with van der Waals surface area (Å²) >= 11 is 0. The molecule has 9 aromatic rings. The Kier molecular flexibility index (Phi) is 7.64. The molecule has 0 spiro atoms. The Labute approximate surface area is 299 Å². The van der Waals surface area contributed by atoms with Crippen LogP contribution in [-0.2, 0) is 0 Å². The van der Waals surface area contributed by atoms with Crippen LogP contribution in [0, 0.1) is 17.1 Å². The van der Waals surface area contributed by atoms with Crippen molar-refractivity contribution in [3.8, 4) is 68.2 Å². The molecule has 244 valence electrons. The number of benzene rings is 7. The van der Waals surface area contributed by atoms with Crippen molar-refractivity contribution >= 4 is 21.8 Å². The van der Waals surface area contributed by atoms with Crippen LogP contribution in [0.4, 0.5) is 4.39 Å². The fourth-order valence-electron chi connectivity index (χ4n) is 6.86. The monoisotopic (exact) mass is 669 g/mol. The second kappa shape index (κ2) is 12.9. The van der Waals surface area contributed by atoms with Gasteiger partial charge in [-0.2, -0.15) is 5.26 Å². The SMILES string of the molecule is N#Cc1ccc(-c2ccc3c(c2)c2ccccc2n3-c2ccc(-c3cccc(F)c3)c(-c3nc(-c4ccccc4)nc(-c4ccccc4)n3)c2)cc1. The second-order valence-corrected chi connectivity index (χ2v) is 12.6. The van der Waals surface area contributed by atoms with Crippen LogP contribution in [0.1, 0.15) is 5.56 Å². The lowest BCUT2D eigenvalue weighted by Crippen LogP contribution is -2.02. The summed E-state index contributed by atoms with van der Waals surface area (Å²) in [7, 11) is 0. The highest BCUT2D eigenvalue weighted by atomic mass is 19.1. The highest BCUT2D eigenvalue weighted by Gasteiger charge is 2.19. The van der Waals surface area contributed by atoms with Crippen LogP contribution in [0.2, 0.25) is 0 Å². The van der Waals surface area contributed by atoms with E-state index in [1.54, 1.807) is 12.1 Å². The molecule has 0 fully saturated rings. The minimum Gasteiger partial charge on any atom is -0.309 e. The Balaban J connectivity index is 1.29. The molecule has 9 rings (SSSR count). The van der Waals surface area contributed by atoms with Crippen LogP contribution in [-0.4, -0.2) is 19.5 Å². The third kappa shape index (κ3) is 5.57. The number of hydrogen-bond donors (Lipinski definition) is 0. The number of para-hydroxylation sites is 1. The summed E-state index contributed by atoms with van der Waals surface area (Å²) in [5.74, 6) is 1.26. The van der Waals surface area contributed by atoms with Gasteiger partial charge in [0.2, 0.25) is 0 Å². The Morgan fingerprint density at radius 3 is 1.75 bits per heavy atom. The van der Waals surface area contributed by atoms with E-state index in [1.807, 2.05) is 103 Å². The van der Waals surface area contributed by atoms with Crippen LogP contribution < -0.4 is 0 Å². The van der Waals surface area contributed by atoms with Gasteiger partial charge >= 0.3 is 0 Å². The molecule has 0 saturated heterocycles. The molecule has 0 amide bonds. The number of halogens is 1. The van der Waals surface area contributed by atoms with Gasteiger partial charge in [-0.15, -0.1) is 0 Å². The molecular weight excluding hydrogens is 642 g/mol. The molecule has 6 heteroatoms. The van der Waals surface area contributed by atoms with Gasteiger partial charge in [0.1, 0.15) is 5.82 Å². The Hall–Kier alpha value is -7.23. The summed E-state index contributed by atoms with van der Waals surface area (Å²) in [5, 5.41) is 11.5. The highest BCUT2D eigenvalue weighted by Crippen LogP contribution is 2.39. The molecule has 0 radical (unpaired) electrons. The van der Waals surface area contributed by atoms with Crippen molar-refractivity contribution in [3.63, 3.8) is 0 Å². The molecule has 0 bridgehead atoms. The molecule has 0 saturated carbocycles. The number of fused-ring (bicyclic) bond motifs is 3. The van der Waals surface area contributed by atoms with Crippen molar-refractivity contribution in [2.45, 2.75) is 0 Å². The van der Waals surface area contributed by atoms with Gasteiger partial charge in [0.05, 0.1) is 22.7 Å². The first kappa shape index (κ1) is 30.8. The smallest absolute Gasteiger partial charge is 0.164 e. The lowest BCUT2D eigenvalue weighted by atomic mass is 9.98. The number of rotatable bonds is 6. The normalized spacial score (nSPS) is 11.2. The maximum atomic E-state index is 14.7. The van der Waals surface area contributed by atoms with Crippen molar-refractivity contribution in [2.75, 3.05) is 0 Å². The maximum absolute atomic E-state index is 14.7. The highest BCUT2D eigenvalue weighted by molar-refractivity contribution is 6.10. The van der Waals surface area contributed by atoms with E-state index in [-0.39, 0.29) is 5.82 Å². The van der Waals surface area contributed by atoms with E-state index in [0.717, 1.165) is 66.4 Å². The molecule has 0 aliphatic carbocycles. The zero-order valence-corrected chi connectivity index (χ0v) is 27.8. The quantitative estimate of drug-likeness (QED) is 0.177. The molecule has 2 heterocycles. The average Bonchev–Trinajstić information content (AvgIpc) is 3.55. The van der Waals surface area contributed by atoms with Crippen LogP contribution in [0.25, 0.3) is 83.9 Å². The van der Waals surface area contributed by atoms with E-state index < -0.39 is 0 Å². The van der Waals surface area contributed by atoms with E-state index in [1.165, 1.54) is 6.07 Å². The van der Waals surface area contributed by atoms with E-state index in [2.05, 4.69) is 59.2 Å². The fraction of sp³-hybridized carbons (Fsp3) is 0.